The van der Waals surface area contributed by atoms with Crippen LogP contribution in [0.5, 0.6) is 0 Å². The number of hydrogen-bond donors (Lipinski definition) is 1. The van der Waals surface area contributed by atoms with Crippen LogP contribution in [0.2, 0.25) is 5.15 Å². The molecule has 0 aromatic carbocycles. The SMILES string of the molecule is CCc1ccc(CNc2ccnc(Cl)c2)o1. The summed E-state index contributed by atoms with van der Waals surface area (Å²) in [5.41, 5.74) is 0.939. The molecule has 1 N–H and O–H groups in total. The molecule has 2 aromatic rings. The summed E-state index contributed by atoms with van der Waals surface area (Å²) in [6.07, 6.45) is 2.59. The van der Waals surface area contributed by atoms with E-state index in [9.17, 15) is 0 Å². The monoisotopic (exact) mass is 236 g/mol. The molecule has 84 valence electrons. The van der Waals surface area contributed by atoms with Crippen molar-refractivity contribution in [2.45, 2.75) is 19.9 Å². The van der Waals surface area contributed by atoms with Gasteiger partial charge in [0.05, 0.1) is 6.54 Å². The Morgan fingerprint density at radius 3 is 2.81 bits per heavy atom. The molecule has 2 rings (SSSR count). The molecule has 0 saturated carbocycles. The number of nitrogens with one attached hydrogen (secondary N) is 1. The summed E-state index contributed by atoms with van der Waals surface area (Å²) in [5.74, 6) is 1.93. The van der Waals surface area contributed by atoms with Crippen molar-refractivity contribution >= 4 is 17.3 Å². The molecule has 0 aliphatic rings. The second kappa shape index (κ2) is 5.03. The van der Waals surface area contributed by atoms with Gasteiger partial charge >= 0.3 is 0 Å². The number of pyridine rings is 1. The maximum absolute atomic E-state index is 5.78. The third-order valence-corrected chi connectivity index (χ3v) is 2.47. The van der Waals surface area contributed by atoms with E-state index in [1.807, 2.05) is 18.2 Å². The van der Waals surface area contributed by atoms with Gasteiger partial charge in [-0.25, -0.2) is 4.98 Å². The van der Waals surface area contributed by atoms with Crippen molar-refractivity contribution in [1.29, 1.82) is 0 Å². The topological polar surface area (TPSA) is 38.1 Å². The van der Waals surface area contributed by atoms with Gasteiger partial charge in [-0.15, -0.1) is 0 Å². The van der Waals surface area contributed by atoms with Crippen LogP contribution in [-0.4, -0.2) is 4.98 Å². The Bertz CT molecular complexity index is 468. The molecule has 0 aliphatic carbocycles. The van der Waals surface area contributed by atoms with Crippen LogP contribution in [0, 0.1) is 0 Å². The Labute approximate surface area is 99.5 Å². The molecule has 0 saturated heterocycles. The van der Waals surface area contributed by atoms with Crippen LogP contribution in [0.1, 0.15) is 18.4 Å². The van der Waals surface area contributed by atoms with Crippen LogP contribution in [0.15, 0.2) is 34.9 Å². The van der Waals surface area contributed by atoms with Crippen molar-refractivity contribution in [1.82, 2.24) is 4.98 Å². The Morgan fingerprint density at radius 2 is 2.12 bits per heavy atom. The van der Waals surface area contributed by atoms with Crippen LogP contribution in [0.25, 0.3) is 0 Å². The number of nitrogens with zero attached hydrogens (tertiary/aromatic N) is 1. The van der Waals surface area contributed by atoms with E-state index in [1.54, 1.807) is 12.3 Å². The number of aryl methyl sites for hydroxylation is 1. The van der Waals surface area contributed by atoms with Crippen molar-refractivity contribution in [2.24, 2.45) is 0 Å². The molecular formula is C12H13ClN2O. The van der Waals surface area contributed by atoms with E-state index >= 15 is 0 Å². The van der Waals surface area contributed by atoms with Crippen molar-refractivity contribution in [3.05, 3.63) is 47.1 Å². The molecule has 0 bridgehead atoms. The number of aromatic nitrogens is 1. The van der Waals surface area contributed by atoms with E-state index in [4.69, 9.17) is 16.0 Å². The van der Waals surface area contributed by atoms with Crippen molar-refractivity contribution in [3.8, 4) is 0 Å². The molecule has 0 amide bonds. The van der Waals surface area contributed by atoms with E-state index in [0.29, 0.717) is 11.7 Å². The van der Waals surface area contributed by atoms with Gasteiger partial charge < -0.3 is 9.73 Å². The second-order valence-electron chi connectivity index (χ2n) is 3.44. The summed E-state index contributed by atoms with van der Waals surface area (Å²) < 4.78 is 5.57. The summed E-state index contributed by atoms with van der Waals surface area (Å²) in [4.78, 5) is 3.91. The summed E-state index contributed by atoms with van der Waals surface area (Å²) in [7, 11) is 0. The third-order valence-electron chi connectivity index (χ3n) is 2.26. The minimum Gasteiger partial charge on any atom is -0.464 e. The Hall–Kier alpha value is -1.48. The highest BCUT2D eigenvalue weighted by atomic mass is 35.5. The van der Waals surface area contributed by atoms with Gasteiger partial charge in [-0.3, -0.25) is 0 Å². The average molecular weight is 237 g/mol. The highest BCUT2D eigenvalue weighted by Crippen LogP contribution is 2.14. The lowest BCUT2D eigenvalue weighted by Gasteiger charge is -2.03. The standard InChI is InChI=1S/C12H13ClN2O/c1-2-10-3-4-11(16-10)8-15-9-5-6-14-12(13)7-9/h3-7H,2,8H2,1H3,(H,14,15). The second-order valence-corrected chi connectivity index (χ2v) is 3.83. The first kappa shape index (κ1) is 11.0. The molecule has 0 radical (unpaired) electrons. The van der Waals surface area contributed by atoms with E-state index in [1.165, 1.54) is 0 Å². The first-order valence-corrected chi connectivity index (χ1v) is 5.58. The number of anilines is 1. The van der Waals surface area contributed by atoms with Crippen LogP contribution in [-0.2, 0) is 13.0 Å². The first-order chi connectivity index (χ1) is 7.78. The normalized spacial score (nSPS) is 10.4. The highest BCUT2D eigenvalue weighted by molar-refractivity contribution is 6.29. The van der Waals surface area contributed by atoms with Gasteiger partial charge in [0.1, 0.15) is 16.7 Å². The zero-order valence-electron chi connectivity index (χ0n) is 9.03. The van der Waals surface area contributed by atoms with E-state index < -0.39 is 0 Å². The maximum atomic E-state index is 5.78. The summed E-state index contributed by atoms with van der Waals surface area (Å²) in [5, 5.41) is 3.71. The summed E-state index contributed by atoms with van der Waals surface area (Å²) >= 11 is 5.78. The van der Waals surface area contributed by atoms with Crippen LogP contribution >= 0.6 is 11.6 Å². The largest absolute Gasteiger partial charge is 0.464 e. The lowest BCUT2D eigenvalue weighted by atomic mass is 10.3. The molecule has 4 heteroatoms. The van der Waals surface area contributed by atoms with Crippen LogP contribution in [0.4, 0.5) is 5.69 Å². The van der Waals surface area contributed by atoms with Gasteiger partial charge in [0.25, 0.3) is 0 Å². The number of rotatable bonds is 4. The fourth-order valence-electron chi connectivity index (χ4n) is 1.41. The molecule has 0 spiro atoms. The fourth-order valence-corrected chi connectivity index (χ4v) is 1.58. The molecule has 3 nitrogen and oxygen atoms in total. The van der Waals surface area contributed by atoms with Gasteiger partial charge in [-0.05, 0) is 24.3 Å². The van der Waals surface area contributed by atoms with Gasteiger partial charge in [-0.2, -0.15) is 0 Å². The quantitative estimate of drug-likeness (QED) is 0.826. The average Bonchev–Trinajstić information content (AvgIpc) is 2.74. The Morgan fingerprint density at radius 1 is 1.31 bits per heavy atom. The minimum atomic E-state index is 0.485. The van der Waals surface area contributed by atoms with Gasteiger partial charge in [0.15, 0.2) is 0 Å². The van der Waals surface area contributed by atoms with Crippen LogP contribution < -0.4 is 5.32 Å². The third kappa shape index (κ3) is 2.76. The predicted molar refractivity (Wildman–Crippen MR) is 64.7 cm³/mol. The number of halogens is 1. The number of hydrogen-bond acceptors (Lipinski definition) is 3. The first-order valence-electron chi connectivity index (χ1n) is 5.21. The molecule has 2 aromatic heterocycles. The lowest BCUT2D eigenvalue weighted by molar-refractivity contribution is 0.476. The smallest absolute Gasteiger partial charge is 0.131 e. The van der Waals surface area contributed by atoms with Crippen molar-refractivity contribution in [3.63, 3.8) is 0 Å². The molecule has 0 unspecified atom stereocenters. The summed E-state index contributed by atoms with van der Waals surface area (Å²) in [6.45, 7) is 2.72. The zero-order chi connectivity index (χ0) is 11.4. The molecule has 0 atom stereocenters. The van der Waals surface area contributed by atoms with Gasteiger partial charge in [-0.1, -0.05) is 18.5 Å². The molecule has 16 heavy (non-hydrogen) atoms. The maximum Gasteiger partial charge on any atom is 0.131 e. The Kier molecular flexibility index (Phi) is 3.47. The number of furan rings is 1. The Balaban J connectivity index is 1.96. The molecule has 2 heterocycles. The zero-order valence-corrected chi connectivity index (χ0v) is 9.79. The van der Waals surface area contributed by atoms with Crippen molar-refractivity contribution < 1.29 is 4.42 Å². The van der Waals surface area contributed by atoms with E-state index in [2.05, 4.69) is 17.2 Å². The molecule has 0 fully saturated rings. The highest BCUT2D eigenvalue weighted by Gasteiger charge is 2.00. The van der Waals surface area contributed by atoms with Gasteiger partial charge in [0.2, 0.25) is 0 Å². The predicted octanol–water partition coefficient (Wildman–Crippen LogP) is 3.50. The van der Waals surface area contributed by atoms with E-state index in [-0.39, 0.29) is 0 Å². The fraction of sp³-hybridized carbons (Fsp3) is 0.250. The van der Waals surface area contributed by atoms with Gasteiger partial charge in [0, 0.05) is 18.3 Å². The molecule has 0 aliphatic heterocycles. The van der Waals surface area contributed by atoms with E-state index in [0.717, 1.165) is 23.6 Å². The lowest BCUT2D eigenvalue weighted by Crippen LogP contribution is -1.98. The van der Waals surface area contributed by atoms with Crippen LogP contribution in [0.3, 0.4) is 0 Å². The van der Waals surface area contributed by atoms with Crippen molar-refractivity contribution in [2.75, 3.05) is 5.32 Å². The summed E-state index contributed by atoms with van der Waals surface area (Å²) in [6, 6.07) is 7.63. The molecular weight excluding hydrogens is 224 g/mol. The minimum absolute atomic E-state index is 0.485.